The van der Waals surface area contributed by atoms with E-state index in [2.05, 4.69) is 29.0 Å². The van der Waals surface area contributed by atoms with Gasteiger partial charge in [-0.05, 0) is 35.7 Å². The third-order valence-corrected chi connectivity index (χ3v) is 2.79. The summed E-state index contributed by atoms with van der Waals surface area (Å²) in [6, 6.07) is 15.9. The Kier molecular flexibility index (Phi) is 4.00. The molecule has 0 aliphatic heterocycles. The molecule has 2 aromatic carbocycles. The van der Waals surface area contributed by atoms with Crippen molar-refractivity contribution in [3.05, 3.63) is 54.1 Å². The van der Waals surface area contributed by atoms with Crippen LogP contribution in [0.2, 0.25) is 0 Å². The van der Waals surface area contributed by atoms with Gasteiger partial charge in [0.2, 0.25) is 5.96 Å². The number of aryl methyl sites for hydroxylation is 1. The fraction of sp³-hybridized carbons (Fsp3) is 0.0667. The van der Waals surface area contributed by atoms with Gasteiger partial charge in [0, 0.05) is 0 Å². The predicted octanol–water partition coefficient (Wildman–Crippen LogP) is 1.88. The highest BCUT2D eigenvalue weighted by atomic mass is 15.1. The molecule has 0 aliphatic rings. The van der Waals surface area contributed by atoms with Crippen LogP contribution in [0.15, 0.2) is 58.5 Å². The molecule has 2 aromatic rings. The maximum Gasteiger partial charge on any atom is 0.223 e. The van der Waals surface area contributed by atoms with Crippen molar-refractivity contribution >= 4 is 17.6 Å². The minimum atomic E-state index is -0.110. The Morgan fingerprint density at radius 3 is 2.40 bits per heavy atom. The van der Waals surface area contributed by atoms with Crippen molar-refractivity contribution in [2.75, 3.05) is 0 Å². The van der Waals surface area contributed by atoms with E-state index in [0.29, 0.717) is 5.69 Å². The van der Waals surface area contributed by atoms with Crippen molar-refractivity contribution in [2.45, 2.75) is 6.92 Å². The Labute approximate surface area is 117 Å². The highest BCUT2D eigenvalue weighted by Gasteiger charge is 2.02. The first-order valence-corrected chi connectivity index (χ1v) is 6.16. The first kappa shape index (κ1) is 13.6. The summed E-state index contributed by atoms with van der Waals surface area (Å²) in [5.74, 6) is -0.0757. The summed E-state index contributed by atoms with van der Waals surface area (Å²) in [4.78, 5) is 7.85. The highest BCUT2D eigenvalue weighted by molar-refractivity contribution is 5.93. The van der Waals surface area contributed by atoms with Crippen LogP contribution in [0.4, 0.5) is 5.69 Å². The Bertz CT molecular complexity index is 669. The lowest BCUT2D eigenvalue weighted by molar-refractivity contribution is 1.38. The molecule has 0 saturated carbocycles. The molecule has 0 spiro atoms. The van der Waals surface area contributed by atoms with Crippen molar-refractivity contribution in [1.29, 1.82) is 0 Å². The van der Waals surface area contributed by atoms with E-state index in [4.69, 9.17) is 17.2 Å². The minimum absolute atomic E-state index is 0.0342. The van der Waals surface area contributed by atoms with Crippen LogP contribution in [0.1, 0.15) is 5.56 Å². The Balaban J connectivity index is 2.39. The number of aliphatic imine (C=N–C) groups is 2. The standard InChI is InChI=1S/C15H17N5/c1-10-5-2-3-8-13(10)11-6-4-7-12(9-11)19-15(18)20-14(16)17/h2-9H,1H3,(H6,16,17,18,19,20). The molecule has 0 radical (unpaired) electrons. The monoisotopic (exact) mass is 267 g/mol. The molecule has 6 N–H and O–H groups in total. The van der Waals surface area contributed by atoms with Gasteiger partial charge in [-0.25, -0.2) is 4.99 Å². The molecule has 0 fully saturated rings. The van der Waals surface area contributed by atoms with E-state index in [-0.39, 0.29) is 11.9 Å². The summed E-state index contributed by atoms with van der Waals surface area (Å²) in [5.41, 5.74) is 20.3. The topological polar surface area (TPSA) is 103 Å². The lowest BCUT2D eigenvalue weighted by Gasteiger charge is -2.06. The molecule has 0 bridgehead atoms. The molecule has 2 rings (SSSR count). The number of nitrogens with two attached hydrogens (primary N) is 3. The third-order valence-electron chi connectivity index (χ3n) is 2.79. The van der Waals surface area contributed by atoms with Crippen LogP contribution in [0, 0.1) is 6.92 Å². The van der Waals surface area contributed by atoms with Gasteiger partial charge in [-0.3, -0.25) is 0 Å². The van der Waals surface area contributed by atoms with E-state index in [1.807, 2.05) is 36.4 Å². The van der Waals surface area contributed by atoms with Gasteiger partial charge in [0.15, 0.2) is 5.96 Å². The zero-order valence-electron chi connectivity index (χ0n) is 11.2. The molecular weight excluding hydrogens is 250 g/mol. The fourth-order valence-electron chi connectivity index (χ4n) is 1.93. The summed E-state index contributed by atoms with van der Waals surface area (Å²) < 4.78 is 0. The van der Waals surface area contributed by atoms with Crippen LogP contribution in [-0.2, 0) is 0 Å². The molecule has 0 unspecified atom stereocenters. The quantitative estimate of drug-likeness (QED) is 0.571. The van der Waals surface area contributed by atoms with Gasteiger partial charge in [-0.1, -0.05) is 36.4 Å². The largest absolute Gasteiger partial charge is 0.370 e. The fourth-order valence-corrected chi connectivity index (χ4v) is 1.93. The van der Waals surface area contributed by atoms with Crippen LogP contribution in [0.5, 0.6) is 0 Å². The molecule has 5 nitrogen and oxygen atoms in total. The van der Waals surface area contributed by atoms with E-state index in [1.54, 1.807) is 0 Å². The van der Waals surface area contributed by atoms with E-state index >= 15 is 0 Å². The zero-order chi connectivity index (χ0) is 14.5. The second-order valence-corrected chi connectivity index (χ2v) is 4.37. The predicted molar refractivity (Wildman–Crippen MR) is 83.7 cm³/mol. The van der Waals surface area contributed by atoms with Crippen molar-refractivity contribution in [2.24, 2.45) is 27.2 Å². The SMILES string of the molecule is Cc1ccccc1-c1cccc(N=C(N)N=C(N)N)c1. The maximum atomic E-state index is 5.63. The summed E-state index contributed by atoms with van der Waals surface area (Å²) >= 11 is 0. The van der Waals surface area contributed by atoms with Crippen LogP contribution in [-0.4, -0.2) is 11.9 Å². The summed E-state index contributed by atoms with van der Waals surface area (Å²) in [5, 5.41) is 0. The Hall–Kier alpha value is -2.82. The van der Waals surface area contributed by atoms with Gasteiger partial charge in [0.1, 0.15) is 0 Å². The van der Waals surface area contributed by atoms with E-state index in [0.717, 1.165) is 11.1 Å². The van der Waals surface area contributed by atoms with Crippen molar-refractivity contribution in [1.82, 2.24) is 0 Å². The molecular formula is C15H17N5. The first-order chi connectivity index (χ1) is 9.56. The average Bonchev–Trinajstić information content (AvgIpc) is 2.38. The molecule has 0 atom stereocenters. The number of nitrogens with zero attached hydrogens (tertiary/aromatic N) is 2. The molecule has 0 aromatic heterocycles. The normalized spacial score (nSPS) is 11.2. The second kappa shape index (κ2) is 5.88. The van der Waals surface area contributed by atoms with Crippen molar-refractivity contribution < 1.29 is 0 Å². The van der Waals surface area contributed by atoms with Crippen LogP contribution in [0.25, 0.3) is 11.1 Å². The number of hydrogen-bond acceptors (Lipinski definition) is 1. The van der Waals surface area contributed by atoms with Gasteiger partial charge < -0.3 is 17.2 Å². The van der Waals surface area contributed by atoms with Gasteiger partial charge in [0.25, 0.3) is 0 Å². The Morgan fingerprint density at radius 1 is 0.950 bits per heavy atom. The molecule has 20 heavy (non-hydrogen) atoms. The van der Waals surface area contributed by atoms with Crippen LogP contribution < -0.4 is 17.2 Å². The zero-order valence-corrected chi connectivity index (χ0v) is 11.2. The molecule has 102 valence electrons. The van der Waals surface area contributed by atoms with Gasteiger partial charge in [0.05, 0.1) is 5.69 Å². The third kappa shape index (κ3) is 3.35. The second-order valence-electron chi connectivity index (χ2n) is 4.37. The summed E-state index contributed by atoms with van der Waals surface area (Å²) in [6.45, 7) is 2.07. The van der Waals surface area contributed by atoms with E-state index in [1.165, 1.54) is 5.56 Å². The molecule has 5 heteroatoms. The van der Waals surface area contributed by atoms with Crippen molar-refractivity contribution in [3.8, 4) is 11.1 Å². The minimum Gasteiger partial charge on any atom is -0.370 e. The smallest absolute Gasteiger partial charge is 0.223 e. The molecule has 0 saturated heterocycles. The molecule has 0 amide bonds. The number of benzene rings is 2. The summed E-state index contributed by atoms with van der Waals surface area (Å²) in [7, 11) is 0. The highest BCUT2D eigenvalue weighted by Crippen LogP contribution is 2.26. The first-order valence-electron chi connectivity index (χ1n) is 6.16. The number of rotatable bonds is 2. The van der Waals surface area contributed by atoms with Gasteiger partial charge in [-0.15, -0.1) is 0 Å². The van der Waals surface area contributed by atoms with E-state index in [9.17, 15) is 0 Å². The Morgan fingerprint density at radius 2 is 1.70 bits per heavy atom. The number of hydrogen-bond donors (Lipinski definition) is 3. The van der Waals surface area contributed by atoms with Crippen LogP contribution in [0.3, 0.4) is 0 Å². The lowest BCUT2D eigenvalue weighted by Crippen LogP contribution is -2.26. The average molecular weight is 267 g/mol. The van der Waals surface area contributed by atoms with Crippen molar-refractivity contribution in [3.63, 3.8) is 0 Å². The van der Waals surface area contributed by atoms with Gasteiger partial charge >= 0.3 is 0 Å². The molecule has 0 heterocycles. The van der Waals surface area contributed by atoms with Crippen LogP contribution >= 0.6 is 0 Å². The molecule has 0 aliphatic carbocycles. The van der Waals surface area contributed by atoms with Gasteiger partial charge in [-0.2, -0.15) is 4.99 Å². The lowest BCUT2D eigenvalue weighted by atomic mass is 10.0. The van der Waals surface area contributed by atoms with E-state index < -0.39 is 0 Å². The number of guanidine groups is 2. The summed E-state index contributed by atoms with van der Waals surface area (Å²) in [6.07, 6.45) is 0. The maximum absolute atomic E-state index is 5.63.